The Morgan fingerprint density at radius 3 is 2.71 bits per heavy atom. The number of carbonyl (C=O) groups excluding carboxylic acids is 1. The molecule has 28 heavy (non-hydrogen) atoms. The van der Waals surface area contributed by atoms with Crippen molar-refractivity contribution >= 4 is 51.3 Å². The molecule has 5 nitrogen and oxygen atoms in total. The van der Waals surface area contributed by atoms with Crippen molar-refractivity contribution in [3.8, 4) is 5.75 Å². The maximum absolute atomic E-state index is 12.8. The van der Waals surface area contributed by atoms with Crippen LogP contribution in [0.4, 0.5) is 0 Å². The van der Waals surface area contributed by atoms with Crippen molar-refractivity contribution in [1.29, 1.82) is 0 Å². The second-order valence-corrected chi connectivity index (χ2v) is 7.81. The molecular weight excluding hydrogens is 394 g/mol. The molecule has 0 aliphatic carbocycles. The van der Waals surface area contributed by atoms with Gasteiger partial charge in [0.25, 0.3) is 5.91 Å². The van der Waals surface area contributed by atoms with E-state index in [1.807, 2.05) is 30.3 Å². The van der Waals surface area contributed by atoms with E-state index in [-0.39, 0.29) is 11.3 Å². The van der Waals surface area contributed by atoms with Gasteiger partial charge in [0.15, 0.2) is 5.43 Å². The predicted molar refractivity (Wildman–Crippen MR) is 114 cm³/mol. The molecule has 1 fully saturated rings. The summed E-state index contributed by atoms with van der Waals surface area (Å²) in [6, 6.07) is 14.6. The Labute approximate surface area is 170 Å². The first-order valence-electron chi connectivity index (χ1n) is 8.45. The lowest BCUT2D eigenvalue weighted by atomic mass is 10.1. The van der Waals surface area contributed by atoms with E-state index in [1.165, 1.54) is 36.1 Å². The van der Waals surface area contributed by atoms with Gasteiger partial charge in [-0.3, -0.25) is 14.5 Å². The molecule has 0 unspecified atom stereocenters. The predicted octanol–water partition coefficient (Wildman–Crippen LogP) is 4.20. The molecular formula is C21H15NO4S2. The summed E-state index contributed by atoms with van der Waals surface area (Å²) in [7, 11) is 1.53. The molecule has 0 radical (unpaired) electrons. The van der Waals surface area contributed by atoms with E-state index in [2.05, 4.69) is 0 Å². The minimum absolute atomic E-state index is 0.219. The molecule has 0 spiro atoms. The number of hydrogen-bond acceptors (Lipinski definition) is 6. The number of carbonyl (C=O) groups is 1. The van der Waals surface area contributed by atoms with Crippen LogP contribution >= 0.6 is 24.0 Å². The van der Waals surface area contributed by atoms with Crippen molar-refractivity contribution in [2.45, 2.75) is 6.54 Å². The number of ether oxygens (including phenoxy) is 1. The van der Waals surface area contributed by atoms with Crippen molar-refractivity contribution in [3.63, 3.8) is 0 Å². The van der Waals surface area contributed by atoms with E-state index in [0.29, 0.717) is 38.1 Å². The van der Waals surface area contributed by atoms with Gasteiger partial charge in [0.1, 0.15) is 21.9 Å². The van der Waals surface area contributed by atoms with E-state index in [4.69, 9.17) is 21.4 Å². The fraction of sp³-hybridized carbons (Fsp3) is 0.0952. The van der Waals surface area contributed by atoms with Gasteiger partial charge in [-0.05, 0) is 29.8 Å². The lowest BCUT2D eigenvalue weighted by Gasteiger charge is -2.14. The molecule has 1 aliphatic rings. The van der Waals surface area contributed by atoms with Gasteiger partial charge < -0.3 is 9.15 Å². The smallest absolute Gasteiger partial charge is 0.266 e. The Morgan fingerprint density at radius 2 is 1.96 bits per heavy atom. The topological polar surface area (TPSA) is 59.8 Å². The van der Waals surface area contributed by atoms with Crippen molar-refractivity contribution in [2.75, 3.05) is 7.11 Å². The summed E-state index contributed by atoms with van der Waals surface area (Å²) in [5.41, 5.74) is 1.51. The number of rotatable bonds is 4. The molecule has 3 aromatic rings. The maximum atomic E-state index is 12.8. The summed E-state index contributed by atoms with van der Waals surface area (Å²) in [4.78, 5) is 27.5. The van der Waals surface area contributed by atoms with Crippen LogP contribution in [0.3, 0.4) is 0 Å². The number of thioether (sulfide) groups is 1. The van der Waals surface area contributed by atoms with Gasteiger partial charge in [-0.25, -0.2) is 0 Å². The van der Waals surface area contributed by atoms with Gasteiger partial charge in [-0.15, -0.1) is 0 Å². The second-order valence-electron chi connectivity index (χ2n) is 6.14. The van der Waals surface area contributed by atoms with Gasteiger partial charge >= 0.3 is 0 Å². The molecule has 2 aromatic carbocycles. The Bertz CT molecular complexity index is 1170. The van der Waals surface area contributed by atoms with Gasteiger partial charge in [-0.1, -0.05) is 54.3 Å². The standard InChI is InChI=1S/C21H15NO4S2/c1-25-15-7-8-17-16(10-15)19(23)14(12-26-17)9-18-20(24)22(21(27)28-18)11-13-5-3-2-4-6-13/h2-10,12H,11H2,1H3/b18-9+. The first-order valence-corrected chi connectivity index (χ1v) is 9.68. The Kier molecular flexibility index (Phi) is 5.02. The Balaban J connectivity index is 1.67. The van der Waals surface area contributed by atoms with E-state index in [1.54, 1.807) is 18.2 Å². The van der Waals surface area contributed by atoms with Crippen LogP contribution in [0.5, 0.6) is 5.75 Å². The second kappa shape index (κ2) is 7.61. The minimum atomic E-state index is -0.228. The third-order valence-corrected chi connectivity index (χ3v) is 5.73. The molecule has 0 bridgehead atoms. The molecule has 1 amide bonds. The molecule has 0 atom stereocenters. The van der Waals surface area contributed by atoms with Gasteiger partial charge in [0.05, 0.1) is 29.5 Å². The number of fused-ring (bicyclic) bond motifs is 1. The first-order chi connectivity index (χ1) is 13.6. The lowest BCUT2D eigenvalue weighted by Crippen LogP contribution is -2.27. The van der Waals surface area contributed by atoms with Crippen LogP contribution in [-0.2, 0) is 11.3 Å². The van der Waals surface area contributed by atoms with Crippen LogP contribution < -0.4 is 10.2 Å². The zero-order valence-corrected chi connectivity index (χ0v) is 16.5. The lowest BCUT2D eigenvalue weighted by molar-refractivity contribution is -0.122. The van der Waals surface area contributed by atoms with Gasteiger partial charge in [-0.2, -0.15) is 0 Å². The van der Waals surface area contributed by atoms with E-state index < -0.39 is 0 Å². The molecule has 1 saturated heterocycles. The van der Waals surface area contributed by atoms with Crippen LogP contribution in [0, 0.1) is 0 Å². The largest absolute Gasteiger partial charge is 0.497 e. The zero-order valence-electron chi connectivity index (χ0n) is 14.9. The number of hydrogen-bond donors (Lipinski definition) is 0. The maximum Gasteiger partial charge on any atom is 0.266 e. The van der Waals surface area contributed by atoms with Crippen LogP contribution in [0.15, 0.2) is 68.9 Å². The molecule has 7 heteroatoms. The average Bonchev–Trinajstić information content (AvgIpc) is 2.98. The number of amides is 1. The SMILES string of the molecule is COc1ccc2occ(/C=C3/SC(=S)N(Cc4ccccc4)C3=O)c(=O)c2c1. The molecule has 4 rings (SSSR count). The minimum Gasteiger partial charge on any atom is -0.497 e. The molecule has 2 heterocycles. The van der Waals surface area contributed by atoms with Gasteiger partial charge in [0.2, 0.25) is 0 Å². The van der Waals surface area contributed by atoms with Crippen LogP contribution in [0.1, 0.15) is 11.1 Å². The first kappa shape index (κ1) is 18.5. The van der Waals surface area contributed by atoms with Crippen molar-refractivity contribution in [2.24, 2.45) is 0 Å². The summed E-state index contributed by atoms with van der Waals surface area (Å²) in [5, 5.41) is 0.396. The van der Waals surface area contributed by atoms with Crippen molar-refractivity contribution in [1.82, 2.24) is 4.90 Å². The van der Waals surface area contributed by atoms with Crippen LogP contribution in [-0.4, -0.2) is 22.2 Å². The third-order valence-electron chi connectivity index (χ3n) is 4.35. The van der Waals surface area contributed by atoms with Crippen molar-refractivity contribution < 1.29 is 13.9 Å². The Hall–Kier alpha value is -2.90. The Morgan fingerprint density at radius 1 is 1.18 bits per heavy atom. The van der Waals surface area contributed by atoms with E-state index in [0.717, 1.165) is 5.56 Å². The summed E-state index contributed by atoms with van der Waals surface area (Å²) in [5.74, 6) is 0.343. The van der Waals surface area contributed by atoms with Crippen molar-refractivity contribution in [3.05, 3.63) is 81.0 Å². The summed E-state index contributed by atoms with van der Waals surface area (Å²) in [6.45, 7) is 0.395. The molecule has 1 aromatic heterocycles. The number of methoxy groups -OCH3 is 1. The number of nitrogens with zero attached hydrogens (tertiary/aromatic N) is 1. The molecule has 0 N–H and O–H groups in total. The average molecular weight is 409 g/mol. The molecule has 1 aliphatic heterocycles. The highest BCUT2D eigenvalue weighted by atomic mass is 32.2. The zero-order chi connectivity index (χ0) is 19.7. The van der Waals surface area contributed by atoms with E-state index in [9.17, 15) is 9.59 Å². The number of benzene rings is 2. The highest BCUT2D eigenvalue weighted by molar-refractivity contribution is 8.26. The quantitative estimate of drug-likeness (QED) is 0.475. The highest BCUT2D eigenvalue weighted by Gasteiger charge is 2.32. The molecule has 0 saturated carbocycles. The van der Waals surface area contributed by atoms with Crippen LogP contribution in [0.2, 0.25) is 0 Å². The van der Waals surface area contributed by atoms with E-state index >= 15 is 0 Å². The number of thiocarbonyl (C=S) groups is 1. The van der Waals surface area contributed by atoms with Gasteiger partial charge in [0, 0.05) is 0 Å². The fourth-order valence-corrected chi connectivity index (χ4v) is 4.14. The summed E-state index contributed by atoms with van der Waals surface area (Å²) >= 11 is 6.54. The normalized spacial score (nSPS) is 15.6. The fourth-order valence-electron chi connectivity index (χ4n) is 2.90. The third kappa shape index (κ3) is 3.46. The van der Waals surface area contributed by atoms with Crippen LogP contribution in [0.25, 0.3) is 17.0 Å². The summed E-state index contributed by atoms with van der Waals surface area (Å²) in [6.07, 6.45) is 2.90. The highest BCUT2D eigenvalue weighted by Crippen LogP contribution is 2.33. The monoisotopic (exact) mass is 409 g/mol. The molecule has 140 valence electrons. The summed E-state index contributed by atoms with van der Waals surface area (Å²) < 4.78 is 11.2.